The zero-order valence-corrected chi connectivity index (χ0v) is 17.2. The SMILES string of the molecule is O=C(N[C@@H](c1cccc(C(F)(F)F)c1)c1ncccc1C(F)(F)F)c1ccc2cccnc2c1. The van der Waals surface area contributed by atoms with Crippen LogP contribution in [0.2, 0.25) is 0 Å². The van der Waals surface area contributed by atoms with Crippen molar-refractivity contribution in [3.05, 3.63) is 107 Å². The van der Waals surface area contributed by atoms with E-state index in [1.54, 1.807) is 18.2 Å². The minimum atomic E-state index is -4.85. The Kier molecular flexibility index (Phi) is 5.99. The summed E-state index contributed by atoms with van der Waals surface area (Å²) in [4.78, 5) is 20.9. The molecule has 4 aromatic rings. The summed E-state index contributed by atoms with van der Waals surface area (Å²) in [6, 6.07) is 11.9. The molecule has 0 aliphatic carbocycles. The zero-order valence-electron chi connectivity index (χ0n) is 17.2. The number of nitrogens with one attached hydrogen (secondary N) is 1. The van der Waals surface area contributed by atoms with E-state index in [0.717, 1.165) is 35.8 Å². The van der Waals surface area contributed by atoms with Crippen LogP contribution in [0.5, 0.6) is 0 Å². The molecular formula is C24H15F6N3O. The van der Waals surface area contributed by atoms with Crippen LogP contribution in [-0.2, 0) is 12.4 Å². The Morgan fingerprint density at radius 3 is 2.26 bits per heavy atom. The van der Waals surface area contributed by atoms with E-state index in [9.17, 15) is 31.1 Å². The van der Waals surface area contributed by atoms with Gasteiger partial charge in [0.1, 0.15) is 0 Å². The van der Waals surface area contributed by atoms with Gasteiger partial charge in [-0.1, -0.05) is 24.3 Å². The maximum atomic E-state index is 13.7. The lowest BCUT2D eigenvalue weighted by atomic mass is 9.96. The van der Waals surface area contributed by atoms with Crippen LogP contribution in [-0.4, -0.2) is 15.9 Å². The molecule has 2 heterocycles. The molecule has 0 unspecified atom stereocenters. The van der Waals surface area contributed by atoms with Crippen molar-refractivity contribution >= 4 is 16.8 Å². The summed E-state index contributed by atoms with van der Waals surface area (Å²) in [5.74, 6) is -0.797. The van der Waals surface area contributed by atoms with Crippen LogP contribution >= 0.6 is 0 Å². The number of benzene rings is 2. The third-order valence-corrected chi connectivity index (χ3v) is 5.11. The molecule has 10 heteroatoms. The number of nitrogens with zero attached hydrogens (tertiary/aromatic N) is 2. The number of alkyl halides is 6. The molecular weight excluding hydrogens is 460 g/mol. The number of fused-ring (bicyclic) bond motifs is 1. The van der Waals surface area contributed by atoms with Crippen LogP contribution in [0.4, 0.5) is 26.3 Å². The fourth-order valence-corrected chi connectivity index (χ4v) is 3.51. The molecule has 0 aliphatic heterocycles. The lowest BCUT2D eigenvalue weighted by Crippen LogP contribution is -2.32. The monoisotopic (exact) mass is 475 g/mol. The third kappa shape index (κ3) is 4.85. The minimum absolute atomic E-state index is 0.0765. The highest BCUT2D eigenvalue weighted by Crippen LogP contribution is 2.37. The van der Waals surface area contributed by atoms with Gasteiger partial charge in [-0.2, -0.15) is 26.3 Å². The molecule has 2 aromatic carbocycles. The Morgan fingerprint density at radius 1 is 0.794 bits per heavy atom. The minimum Gasteiger partial charge on any atom is -0.340 e. The number of hydrogen-bond donors (Lipinski definition) is 1. The summed E-state index contributed by atoms with van der Waals surface area (Å²) >= 11 is 0. The molecule has 174 valence electrons. The fraction of sp³-hybridized carbons (Fsp3) is 0.125. The first-order chi connectivity index (χ1) is 16.0. The van der Waals surface area contributed by atoms with Gasteiger partial charge in [-0.3, -0.25) is 14.8 Å². The maximum Gasteiger partial charge on any atom is 0.418 e. The molecule has 1 N–H and O–H groups in total. The van der Waals surface area contributed by atoms with Crippen LogP contribution < -0.4 is 5.32 Å². The third-order valence-electron chi connectivity index (χ3n) is 5.11. The first-order valence-corrected chi connectivity index (χ1v) is 9.89. The van der Waals surface area contributed by atoms with Gasteiger partial charge in [0, 0.05) is 23.3 Å². The summed E-state index contributed by atoms with van der Waals surface area (Å²) in [7, 11) is 0. The van der Waals surface area contributed by atoms with Crippen LogP contribution in [0.15, 0.2) is 79.1 Å². The van der Waals surface area contributed by atoms with Gasteiger partial charge in [0.25, 0.3) is 5.91 Å². The van der Waals surface area contributed by atoms with Crippen molar-refractivity contribution in [1.82, 2.24) is 15.3 Å². The quantitative estimate of drug-likeness (QED) is 0.359. The molecule has 1 amide bonds. The Labute approximate surface area is 189 Å². The number of rotatable bonds is 4. The zero-order chi connectivity index (χ0) is 24.5. The number of halogens is 6. The smallest absolute Gasteiger partial charge is 0.340 e. The van der Waals surface area contributed by atoms with E-state index >= 15 is 0 Å². The normalized spacial score (nSPS) is 13.0. The molecule has 4 nitrogen and oxygen atoms in total. The number of hydrogen-bond acceptors (Lipinski definition) is 3. The van der Waals surface area contributed by atoms with E-state index in [4.69, 9.17) is 0 Å². The average Bonchev–Trinajstić information content (AvgIpc) is 2.81. The van der Waals surface area contributed by atoms with Crippen molar-refractivity contribution in [2.24, 2.45) is 0 Å². The van der Waals surface area contributed by atoms with Crippen LogP contribution in [0.25, 0.3) is 10.9 Å². The Bertz CT molecular complexity index is 1350. The van der Waals surface area contributed by atoms with Crippen molar-refractivity contribution in [3.63, 3.8) is 0 Å². The van der Waals surface area contributed by atoms with Gasteiger partial charge in [0.05, 0.1) is 28.4 Å². The molecule has 0 fully saturated rings. The molecule has 0 saturated heterocycles. The summed E-state index contributed by atoms with van der Waals surface area (Å²) in [6.07, 6.45) is -6.98. The predicted octanol–water partition coefficient (Wildman–Crippen LogP) is 6.19. The van der Waals surface area contributed by atoms with Gasteiger partial charge in [0.2, 0.25) is 0 Å². The maximum absolute atomic E-state index is 13.7. The van der Waals surface area contributed by atoms with Gasteiger partial charge < -0.3 is 5.32 Å². The highest BCUT2D eigenvalue weighted by atomic mass is 19.4. The van der Waals surface area contributed by atoms with Crippen molar-refractivity contribution < 1.29 is 31.1 Å². The van der Waals surface area contributed by atoms with Crippen molar-refractivity contribution in [3.8, 4) is 0 Å². The first kappa shape index (κ1) is 23.2. The standard InChI is InChI=1S/C24H15F6N3O/c25-23(26,27)17-6-1-4-15(12-17)20(21-18(24(28,29)30)7-3-11-32-21)33-22(34)16-9-8-14-5-2-10-31-19(14)13-16/h1-13,20H,(H,33,34)/t20-/m0/s1. The van der Waals surface area contributed by atoms with Crippen LogP contribution in [0.1, 0.15) is 38.8 Å². The van der Waals surface area contributed by atoms with E-state index in [1.807, 2.05) is 0 Å². The van der Waals surface area contributed by atoms with Gasteiger partial charge in [0.15, 0.2) is 0 Å². The summed E-state index contributed by atoms with van der Waals surface area (Å²) < 4.78 is 80.9. The van der Waals surface area contributed by atoms with Gasteiger partial charge in [-0.15, -0.1) is 0 Å². The average molecular weight is 475 g/mol. The second-order valence-corrected chi connectivity index (χ2v) is 7.37. The number of carbonyl (C=O) groups excluding carboxylic acids is 1. The van der Waals surface area contributed by atoms with Crippen molar-refractivity contribution in [2.45, 2.75) is 18.4 Å². The highest BCUT2D eigenvalue weighted by molar-refractivity contribution is 5.98. The van der Waals surface area contributed by atoms with Crippen LogP contribution in [0, 0.1) is 0 Å². The van der Waals surface area contributed by atoms with Crippen molar-refractivity contribution in [2.75, 3.05) is 0 Å². The lowest BCUT2D eigenvalue weighted by molar-refractivity contribution is -0.139. The molecule has 0 aliphatic rings. The number of carbonyl (C=O) groups is 1. The largest absolute Gasteiger partial charge is 0.418 e. The highest BCUT2D eigenvalue weighted by Gasteiger charge is 2.38. The van der Waals surface area contributed by atoms with E-state index in [-0.39, 0.29) is 11.1 Å². The van der Waals surface area contributed by atoms with E-state index in [2.05, 4.69) is 15.3 Å². The molecule has 0 radical (unpaired) electrons. The van der Waals surface area contributed by atoms with E-state index in [1.165, 1.54) is 24.4 Å². The molecule has 0 spiro atoms. The number of pyridine rings is 2. The number of amides is 1. The molecule has 4 rings (SSSR count). The van der Waals surface area contributed by atoms with E-state index in [0.29, 0.717) is 11.6 Å². The Morgan fingerprint density at radius 2 is 1.53 bits per heavy atom. The van der Waals surface area contributed by atoms with Gasteiger partial charge in [-0.05, 0) is 48.0 Å². The summed E-state index contributed by atoms with van der Waals surface area (Å²) in [6.45, 7) is 0. The molecule has 1 atom stereocenters. The van der Waals surface area contributed by atoms with Crippen molar-refractivity contribution in [1.29, 1.82) is 0 Å². The molecule has 34 heavy (non-hydrogen) atoms. The predicted molar refractivity (Wildman–Crippen MR) is 112 cm³/mol. The Balaban J connectivity index is 1.81. The topological polar surface area (TPSA) is 54.9 Å². The molecule has 2 aromatic heterocycles. The summed E-state index contributed by atoms with van der Waals surface area (Å²) in [5.41, 5.74) is -2.51. The summed E-state index contributed by atoms with van der Waals surface area (Å²) in [5, 5.41) is 3.16. The fourth-order valence-electron chi connectivity index (χ4n) is 3.51. The molecule has 0 saturated carbocycles. The van der Waals surface area contributed by atoms with Gasteiger partial charge >= 0.3 is 12.4 Å². The van der Waals surface area contributed by atoms with Gasteiger partial charge in [-0.25, -0.2) is 0 Å². The lowest BCUT2D eigenvalue weighted by Gasteiger charge is -2.23. The van der Waals surface area contributed by atoms with E-state index < -0.39 is 41.1 Å². The second-order valence-electron chi connectivity index (χ2n) is 7.37. The second kappa shape index (κ2) is 8.77. The number of aromatic nitrogens is 2. The first-order valence-electron chi connectivity index (χ1n) is 9.89. The van der Waals surface area contributed by atoms with Crippen LogP contribution in [0.3, 0.4) is 0 Å². The Hall–Kier alpha value is -3.95. The molecule has 0 bridgehead atoms.